The maximum absolute atomic E-state index is 7.04. The van der Waals surface area contributed by atoms with Gasteiger partial charge in [0.05, 0.1) is 11.7 Å². The number of rotatable bonds is 1. The first kappa shape index (κ1) is 24.4. The highest BCUT2D eigenvalue weighted by Gasteiger charge is 2.85. The summed E-state index contributed by atoms with van der Waals surface area (Å²) in [6.45, 7) is 16.3. The lowest BCUT2D eigenvalue weighted by Gasteiger charge is -2.68. The van der Waals surface area contributed by atoms with Crippen LogP contribution in [0.15, 0.2) is 11.6 Å². The van der Waals surface area contributed by atoms with Crippen LogP contribution in [-0.4, -0.2) is 46.9 Å². The summed E-state index contributed by atoms with van der Waals surface area (Å²) in [5, 5.41) is 2.88. The van der Waals surface area contributed by atoms with E-state index in [-0.39, 0.29) is 52.6 Å². The third-order valence-corrected chi connectivity index (χ3v) is 12.9. The molecule has 5 nitrogen and oxygen atoms in total. The Morgan fingerprint density at radius 2 is 1.68 bits per heavy atom. The summed E-state index contributed by atoms with van der Waals surface area (Å²) in [5.74, 6) is 0.685. The number of fused-ring (bicyclic) bond motifs is 9. The first-order valence-electron chi connectivity index (χ1n) is 15.2. The lowest BCUT2D eigenvalue weighted by Crippen LogP contribution is -2.73. The van der Waals surface area contributed by atoms with Crippen molar-refractivity contribution < 1.29 is 18.9 Å². The van der Waals surface area contributed by atoms with Gasteiger partial charge in [-0.3, -0.25) is 0 Å². The molecule has 0 radical (unpaired) electrons. The molecule has 0 aromatic carbocycles. The predicted octanol–water partition coefficient (Wildman–Crippen LogP) is 4.79. The lowest BCUT2D eigenvalue weighted by atomic mass is 9.37. The van der Waals surface area contributed by atoms with E-state index in [9.17, 15) is 0 Å². The predicted molar refractivity (Wildman–Crippen MR) is 147 cm³/mol. The molecule has 9 unspecified atom stereocenters. The molecule has 206 valence electrons. The highest BCUT2D eigenvalue weighted by atomic mass is 16.8. The van der Waals surface area contributed by atoms with E-state index in [2.05, 4.69) is 71.7 Å². The first-order valence-corrected chi connectivity index (χ1v) is 15.2. The molecule has 4 heterocycles. The molecular formula is C33H45NO4. The first-order chi connectivity index (χ1) is 18.0. The number of aromatic nitrogens is 1. The number of allylic oxidation sites excluding steroid dienone is 1. The van der Waals surface area contributed by atoms with Crippen LogP contribution in [0.3, 0.4) is 0 Å². The third kappa shape index (κ3) is 2.60. The summed E-state index contributed by atoms with van der Waals surface area (Å²) < 4.78 is 27.1. The van der Waals surface area contributed by atoms with Crippen LogP contribution in [0.5, 0.6) is 0 Å². The molecule has 1 aromatic rings. The average Bonchev–Trinajstić information content (AvgIpc) is 3.43. The van der Waals surface area contributed by atoms with Crippen molar-refractivity contribution in [3.05, 3.63) is 33.5 Å². The van der Waals surface area contributed by atoms with E-state index in [4.69, 9.17) is 18.9 Å². The highest BCUT2D eigenvalue weighted by Crippen LogP contribution is 2.78. The Hall–Kier alpha value is -1.40. The molecule has 5 heteroatoms. The lowest BCUT2D eigenvalue weighted by molar-refractivity contribution is -0.337. The van der Waals surface area contributed by atoms with E-state index in [1.807, 2.05) is 0 Å². The van der Waals surface area contributed by atoms with Gasteiger partial charge in [0.1, 0.15) is 23.9 Å². The maximum Gasteiger partial charge on any atom is 0.178 e. The van der Waals surface area contributed by atoms with Gasteiger partial charge in [0, 0.05) is 21.9 Å². The Bertz CT molecular complexity index is 1370. The number of nitrogens with one attached hydrogen (secondary N) is 1. The molecule has 1 spiro atoms. The number of hydrogen-bond acceptors (Lipinski definition) is 4. The van der Waals surface area contributed by atoms with Gasteiger partial charge < -0.3 is 23.9 Å². The average molecular weight is 520 g/mol. The number of hydrogen-bond donors (Lipinski definition) is 1. The topological polar surface area (TPSA) is 56.0 Å². The van der Waals surface area contributed by atoms with Crippen molar-refractivity contribution in [1.29, 1.82) is 0 Å². The molecule has 10 atom stereocenters. The second-order valence-corrected chi connectivity index (χ2v) is 14.9. The molecule has 3 saturated heterocycles. The second kappa shape index (κ2) is 7.26. The Labute approximate surface area is 227 Å². The molecule has 2 saturated carbocycles. The molecule has 1 aromatic heterocycles. The van der Waals surface area contributed by atoms with Gasteiger partial charge in [-0.15, -0.1) is 0 Å². The zero-order valence-electron chi connectivity index (χ0n) is 24.3. The van der Waals surface area contributed by atoms with Gasteiger partial charge in [0.2, 0.25) is 0 Å². The van der Waals surface area contributed by atoms with Crippen LogP contribution in [0.25, 0.3) is 12.2 Å². The van der Waals surface area contributed by atoms with Crippen LogP contribution in [0.4, 0.5) is 0 Å². The summed E-state index contributed by atoms with van der Waals surface area (Å²) in [6.07, 6.45) is 14.8. The van der Waals surface area contributed by atoms with Crippen LogP contribution >= 0.6 is 0 Å². The van der Waals surface area contributed by atoms with Gasteiger partial charge >= 0.3 is 0 Å². The molecule has 0 amide bonds. The molecule has 38 heavy (non-hydrogen) atoms. The standard InChI is InChI=1S/C33H45NO4/c1-18(2)16-24-36-25-27(29(3,4)37-24)35-23-13-15-30(5)31(6,33(23)28(25)38-33)14-12-19-17-21-20-10-8-9-11-22(20)34-26(21)32(19,30)7/h10-11,16,19,23-25,27-28,34H,8-9,12-15,17H2,1-7H3/t19?,23?,24?,25?,27?,28?,30?,31?,32-,33?/m1/s1. The smallest absolute Gasteiger partial charge is 0.178 e. The molecule has 7 aliphatic rings. The Kier molecular flexibility index (Phi) is 4.66. The van der Waals surface area contributed by atoms with Gasteiger partial charge in [-0.25, -0.2) is 0 Å². The molecule has 1 N–H and O–H groups in total. The minimum atomic E-state index is -0.431. The summed E-state index contributed by atoms with van der Waals surface area (Å²) in [7, 11) is 0. The number of epoxide rings is 1. The van der Waals surface area contributed by atoms with Crippen molar-refractivity contribution in [2.45, 2.75) is 141 Å². The van der Waals surface area contributed by atoms with E-state index in [1.54, 1.807) is 5.56 Å². The van der Waals surface area contributed by atoms with Crippen LogP contribution in [0.2, 0.25) is 0 Å². The fourth-order valence-electron chi connectivity index (χ4n) is 10.7. The Morgan fingerprint density at radius 1 is 0.921 bits per heavy atom. The maximum atomic E-state index is 7.04. The summed E-state index contributed by atoms with van der Waals surface area (Å²) in [4.78, 5) is 4.00. The Balaban J connectivity index is 1.22. The zero-order chi connectivity index (χ0) is 26.5. The molecule has 0 bridgehead atoms. The van der Waals surface area contributed by atoms with E-state index in [1.165, 1.54) is 47.5 Å². The molecule has 4 aliphatic carbocycles. The van der Waals surface area contributed by atoms with Crippen molar-refractivity contribution in [1.82, 2.24) is 4.98 Å². The van der Waals surface area contributed by atoms with E-state index >= 15 is 0 Å². The molecule has 3 aliphatic heterocycles. The van der Waals surface area contributed by atoms with E-state index < -0.39 is 5.60 Å². The fraction of sp³-hybridized carbons (Fsp3) is 0.758. The van der Waals surface area contributed by atoms with Crippen molar-refractivity contribution in [3.63, 3.8) is 0 Å². The van der Waals surface area contributed by atoms with E-state index in [0.29, 0.717) is 5.92 Å². The molecular weight excluding hydrogens is 474 g/mol. The molecule has 5 fully saturated rings. The van der Waals surface area contributed by atoms with Crippen LogP contribution in [0, 0.1) is 16.7 Å². The molecule has 8 rings (SSSR count). The van der Waals surface area contributed by atoms with Gasteiger partial charge in [-0.2, -0.15) is 0 Å². The Morgan fingerprint density at radius 3 is 2.47 bits per heavy atom. The van der Waals surface area contributed by atoms with E-state index in [0.717, 1.165) is 19.3 Å². The van der Waals surface area contributed by atoms with Gasteiger partial charge in [0.25, 0.3) is 0 Å². The minimum absolute atomic E-state index is 0.00226. The van der Waals surface area contributed by atoms with Gasteiger partial charge in [-0.05, 0) is 101 Å². The van der Waals surface area contributed by atoms with Crippen LogP contribution < -0.4 is 10.6 Å². The SMILES string of the molecule is CC(C)=CC1OC2C(OC3CCC4(C)C(C)(CCC5Cc6c([nH]c7c6=CCCC=7)[C@@]54C)C34OC24)C(C)(C)O1. The second-order valence-electron chi connectivity index (χ2n) is 14.9. The monoisotopic (exact) mass is 519 g/mol. The van der Waals surface area contributed by atoms with Crippen molar-refractivity contribution in [2.24, 2.45) is 16.7 Å². The normalized spacial score (nSPS) is 50.9. The summed E-state index contributed by atoms with van der Waals surface area (Å²) in [6, 6.07) is 0. The third-order valence-electron chi connectivity index (χ3n) is 12.9. The van der Waals surface area contributed by atoms with Crippen molar-refractivity contribution >= 4 is 12.2 Å². The van der Waals surface area contributed by atoms with Crippen LogP contribution in [0.1, 0.15) is 98.2 Å². The minimum Gasteiger partial charge on any atom is -0.366 e. The fourth-order valence-corrected chi connectivity index (χ4v) is 10.7. The zero-order valence-corrected chi connectivity index (χ0v) is 24.3. The van der Waals surface area contributed by atoms with Crippen LogP contribution in [-0.2, 0) is 30.8 Å². The van der Waals surface area contributed by atoms with Gasteiger partial charge in [0.15, 0.2) is 6.29 Å². The summed E-state index contributed by atoms with van der Waals surface area (Å²) >= 11 is 0. The number of aromatic amines is 1. The van der Waals surface area contributed by atoms with Crippen molar-refractivity contribution in [2.75, 3.05) is 0 Å². The highest BCUT2D eigenvalue weighted by molar-refractivity contribution is 5.50. The summed E-state index contributed by atoms with van der Waals surface area (Å²) in [5.41, 5.74) is 3.83. The van der Waals surface area contributed by atoms with Crippen molar-refractivity contribution in [3.8, 4) is 0 Å². The number of H-pyrrole nitrogens is 1. The quantitative estimate of drug-likeness (QED) is 0.428. The number of ether oxygens (including phenoxy) is 4. The largest absolute Gasteiger partial charge is 0.366 e. The van der Waals surface area contributed by atoms with Gasteiger partial charge in [-0.1, -0.05) is 38.5 Å².